The monoisotopic (exact) mass is 479 g/mol. The van der Waals surface area contributed by atoms with Crippen LogP contribution in [0.2, 0.25) is 0 Å². The highest BCUT2D eigenvalue weighted by molar-refractivity contribution is 7.92. The van der Waals surface area contributed by atoms with Crippen molar-refractivity contribution >= 4 is 33.1 Å². The summed E-state index contributed by atoms with van der Waals surface area (Å²) in [4.78, 5) is 14.7. The minimum atomic E-state index is -3.88. The van der Waals surface area contributed by atoms with E-state index in [1.165, 1.54) is 18.4 Å². The number of ether oxygens (including phenoxy) is 1. The number of fused-ring (bicyclic) bond motifs is 1. The number of aryl methyl sites for hydroxylation is 2. The van der Waals surface area contributed by atoms with E-state index in [4.69, 9.17) is 4.74 Å². The van der Waals surface area contributed by atoms with Gasteiger partial charge in [0.15, 0.2) is 5.82 Å². The first-order valence-corrected chi connectivity index (χ1v) is 11.9. The maximum Gasteiger partial charge on any atom is 0.263 e. The highest BCUT2D eigenvalue weighted by atomic mass is 32.2. The Hall–Kier alpha value is -4.12. The van der Waals surface area contributed by atoms with Crippen molar-refractivity contribution in [3.8, 4) is 17.0 Å². The van der Waals surface area contributed by atoms with Crippen molar-refractivity contribution in [1.82, 2.24) is 14.9 Å². The third-order valence-electron chi connectivity index (χ3n) is 5.67. The summed E-state index contributed by atoms with van der Waals surface area (Å²) in [5.41, 5.74) is 3.66. The van der Waals surface area contributed by atoms with Crippen LogP contribution in [0.15, 0.2) is 70.4 Å². The minimum Gasteiger partial charge on any atom is -0.495 e. The maximum atomic E-state index is 13.1. The lowest BCUT2D eigenvalue weighted by atomic mass is 9.99. The van der Waals surface area contributed by atoms with E-state index in [1.54, 1.807) is 41.1 Å². The Morgan fingerprint density at radius 2 is 1.91 bits per heavy atom. The summed E-state index contributed by atoms with van der Waals surface area (Å²) >= 11 is 0. The maximum absolute atomic E-state index is 13.1. The molecule has 0 aliphatic carbocycles. The molecule has 2 aromatic carbocycles. The van der Waals surface area contributed by atoms with Crippen molar-refractivity contribution in [3.05, 3.63) is 66.6 Å². The smallest absolute Gasteiger partial charge is 0.263 e. The van der Waals surface area contributed by atoms with Gasteiger partial charge < -0.3 is 9.26 Å². The zero-order valence-electron chi connectivity index (χ0n) is 18.4. The van der Waals surface area contributed by atoms with Crippen LogP contribution in [0.25, 0.3) is 11.3 Å². The Morgan fingerprint density at radius 1 is 1.06 bits per heavy atom. The molecule has 2 aromatic heterocycles. The molecule has 34 heavy (non-hydrogen) atoms. The van der Waals surface area contributed by atoms with Crippen molar-refractivity contribution in [1.29, 1.82) is 0 Å². The summed E-state index contributed by atoms with van der Waals surface area (Å²) in [5.74, 6) is 0.507. The second-order valence-electron chi connectivity index (χ2n) is 7.74. The fourth-order valence-corrected chi connectivity index (χ4v) is 5.09. The van der Waals surface area contributed by atoms with Crippen LogP contribution in [0.5, 0.6) is 5.75 Å². The Bertz CT molecular complexity index is 1480. The van der Waals surface area contributed by atoms with Crippen LogP contribution in [0.1, 0.15) is 12.0 Å². The lowest BCUT2D eigenvalue weighted by Gasteiger charge is -2.31. The summed E-state index contributed by atoms with van der Waals surface area (Å²) in [7, 11) is -0.489. The van der Waals surface area contributed by atoms with Crippen LogP contribution in [0, 0.1) is 0 Å². The summed E-state index contributed by atoms with van der Waals surface area (Å²) in [5, 5.41) is 7.81. The first-order chi connectivity index (χ1) is 16.4. The number of carbonyl (C=O) groups is 1. The Morgan fingerprint density at radius 3 is 2.62 bits per heavy atom. The number of carbonyl (C=O) groups excluding carboxylic acids is 1. The zero-order chi connectivity index (χ0) is 23.9. The van der Waals surface area contributed by atoms with Crippen LogP contribution in [0.4, 0.5) is 17.2 Å². The number of rotatable bonds is 6. The third kappa shape index (κ3) is 3.79. The predicted molar refractivity (Wildman–Crippen MR) is 124 cm³/mol. The second kappa shape index (κ2) is 8.34. The normalized spacial score (nSPS) is 13.6. The van der Waals surface area contributed by atoms with Gasteiger partial charge in [0.25, 0.3) is 10.0 Å². The molecule has 10 nitrogen and oxygen atoms in total. The van der Waals surface area contributed by atoms with Gasteiger partial charge >= 0.3 is 0 Å². The van der Waals surface area contributed by atoms with Gasteiger partial charge in [0.1, 0.15) is 12.0 Å². The van der Waals surface area contributed by atoms with Crippen LogP contribution >= 0.6 is 0 Å². The van der Waals surface area contributed by atoms with Gasteiger partial charge in [-0.3, -0.25) is 19.1 Å². The Labute approximate surface area is 195 Å². The van der Waals surface area contributed by atoms with Crippen LogP contribution < -0.4 is 14.4 Å². The first-order valence-electron chi connectivity index (χ1n) is 10.4. The molecule has 0 atom stereocenters. The van der Waals surface area contributed by atoms with Gasteiger partial charge in [-0.25, -0.2) is 8.42 Å². The summed E-state index contributed by atoms with van der Waals surface area (Å²) in [6, 6.07) is 13.6. The van der Waals surface area contributed by atoms with Gasteiger partial charge in [0.05, 0.1) is 29.1 Å². The van der Waals surface area contributed by atoms with Crippen molar-refractivity contribution in [2.24, 2.45) is 7.05 Å². The van der Waals surface area contributed by atoms with E-state index in [2.05, 4.69) is 19.5 Å². The first kappa shape index (κ1) is 21.7. The summed E-state index contributed by atoms with van der Waals surface area (Å²) < 4.78 is 40.0. The molecule has 1 amide bonds. The molecule has 0 unspecified atom stereocenters. The van der Waals surface area contributed by atoms with E-state index in [9.17, 15) is 13.2 Å². The largest absolute Gasteiger partial charge is 0.495 e. The predicted octanol–water partition coefficient (Wildman–Crippen LogP) is 3.50. The minimum absolute atomic E-state index is 0.0687. The lowest BCUT2D eigenvalue weighted by Crippen LogP contribution is -2.31. The second-order valence-corrected chi connectivity index (χ2v) is 9.42. The van der Waals surface area contributed by atoms with Crippen molar-refractivity contribution in [2.75, 3.05) is 16.7 Å². The van der Waals surface area contributed by atoms with E-state index in [-0.39, 0.29) is 23.0 Å². The molecule has 4 aromatic rings. The number of nitrogens with one attached hydrogen (secondary N) is 1. The zero-order valence-corrected chi connectivity index (χ0v) is 19.2. The molecule has 0 bridgehead atoms. The fraction of sp³-hybridized carbons (Fsp3) is 0.174. The average molecular weight is 480 g/mol. The topological polar surface area (TPSA) is 120 Å². The van der Waals surface area contributed by atoms with Gasteiger partial charge in [-0.1, -0.05) is 5.16 Å². The molecular formula is C23H21N5O5S. The third-order valence-corrected chi connectivity index (χ3v) is 7.03. The number of benzene rings is 2. The number of amides is 1. The standard InChI is InChI=1S/C23H21N5O5S/c1-27-18(9-11-24-27)16-3-7-21(32-2)20(14-16)28-19-6-5-17(13-15(19)4-8-23(28)29)34(30,31)26-22-10-12-33-25-22/h3,5-7,9-14H,4,8H2,1-2H3,(H,25,26). The molecule has 0 saturated heterocycles. The van der Waals surface area contributed by atoms with Gasteiger partial charge in [0, 0.05) is 31.3 Å². The van der Waals surface area contributed by atoms with Gasteiger partial charge in [-0.2, -0.15) is 5.10 Å². The van der Waals surface area contributed by atoms with Crippen LogP contribution in [-0.4, -0.2) is 36.4 Å². The quantitative estimate of drug-likeness (QED) is 0.449. The molecule has 3 heterocycles. The highest BCUT2D eigenvalue weighted by Crippen LogP contribution is 2.41. The highest BCUT2D eigenvalue weighted by Gasteiger charge is 2.30. The molecule has 11 heteroatoms. The van der Waals surface area contributed by atoms with Crippen LogP contribution in [0.3, 0.4) is 0 Å². The summed E-state index contributed by atoms with van der Waals surface area (Å²) in [6.07, 6.45) is 3.63. The lowest BCUT2D eigenvalue weighted by molar-refractivity contribution is -0.118. The van der Waals surface area contributed by atoms with E-state index in [0.29, 0.717) is 23.5 Å². The molecule has 5 rings (SSSR count). The number of hydrogen-bond acceptors (Lipinski definition) is 7. The number of nitrogens with zero attached hydrogens (tertiary/aromatic N) is 4. The molecular weight excluding hydrogens is 458 g/mol. The molecule has 0 saturated carbocycles. The van der Waals surface area contributed by atoms with Gasteiger partial charge in [-0.05, 0) is 54.4 Å². The van der Waals surface area contributed by atoms with Crippen molar-refractivity contribution < 1.29 is 22.5 Å². The van der Waals surface area contributed by atoms with Crippen LogP contribution in [-0.2, 0) is 28.3 Å². The Balaban J connectivity index is 1.57. The van der Waals surface area contributed by atoms with E-state index >= 15 is 0 Å². The molecule has 174 valence electrons. The van der Waals surface area contributed by atoms with E-state index < -0.39 is 10.0 Å². The van der Waals surface area contributed by atoms with E-state index in [1.807, 2.05) is 25.2 Å². The molecule has 0 spiro atoms. The van der Waals surface area contributed by atoms with Gasteiger partial charge in [0.2, 0.25) is 5.91 Å². The summed E-state index contributed by atoms with van der Waals surface area (Å²) in [6.45, 7) is 0. The average Bonchev–Trinajstić information content (AvgIpc) is 3.49. The number of anilines is 3. The van der Waals surface area contributed by atoms with Crippen molar-refractivity contribution in [2.45, 2.75) is 17.7 Å². The SMILES string of the molecule is COc1ccc(-c2ccnn2C)cc1N1C(=O)CCc2cc(S(=O)(=O)Nc3ccon3)ccc21. The van der Waals surface area contributed by atoms with E-state index in [0.717, 1.165) is 16.8 Å². The number of methoxy groups -OCH3 is 1. The van der Waals surface area contributed by atoms with Gasteiger partial charge in [-0.15, -0.1) is 0 Å². The van der Waals surface area contributed by atoms with Crippen molar-refractivity contribution in [3.63, 3.8) is 0 Å². The molecule has 1 aliphatic heterocycles. The molecule has 1 aliphatic rings. The molecule has 0 fully saturated rings. The number of sulfonamides is 1. The molecule has 0 radical (unpaired) electrons. The number of hydrogen-bond donors (Lipinski definition) is 1. The number of aromatic nitrogens is 3. The fourth-order valence-electron chi connectivity index (χ4n) is 4.04. The Kier molecular flexibility index (Phi) is 5.33. The molecule has 1 N–H and O–H groups in total.